The smallest absolute Gasteiger partial charge is 0.319 e. The van der Waals surface area contributed by atoms with Gasteiger partial charge in [0.1, 0.15) is 0 Å². The van der Waals surface area contributed by atoms with Crippen LogP contribution in [0.1, 0.15) is 44.2 Å². The first kappa shape index (κ1) is 17.8. The summed E-state index contributed by atoms with van der Waals surface area (Å²) in [7, 11) is 0. The van der Waals surface area contributed by atoms with Crippen molar-refractivity contribution in [2.24, 2.45) is 5.92 Å². The van der Waals surface area contributed by atoms with Gasteiger partial charge in [-0.2, -0.15) is 0 Å². The fourth-order valence-electron chi connectivity index (χ4n) is 3.19. The highest BCUT2D eigenvalue weighted by Gasteiger charge is 2.21. The van der Waals surface area contributed by atoms with Crippen LogP contribution in [0.2, 0.25) is 0 Å². The van der Waals surface area contributed by atoms with E-state index in [2.05, 4.69) is 43.2 Å². The van der Waals surface area contributed by atoms with Gasteiger partial charge in [0.15, 0.2) is 0 Å². The van der Waals surface area contributed by atoms with Crippen LogP contribution in [-0.2, 0) is 0 Å². The van der Waals surface area contributed by atoms with Gasteiger partial charge in [0.2, 0.25) is 0 Å². The van der Waals surface area contributed by atoms with Crippen molar-refractivity contribution < 1.29 is 4.79 Å². The first-order chi connectivity index (χ1) is 11.0. The van der Waals surface area contributed by atoms with Gasteiger partial charge in [0.25, 0.3) is 0 Å². The highest BCUT2D eigenvalue weighted by atomic mass is 16.2. The Labute approximate surface area is 140 Å². The summed E-state index contributed by atoms with van der Waals surface area (Å²) < 4.78 is 0. The lowest BCUT2D eigenvalue weighted by atomic mass is 9.94. The molecule has 1 heterocycles. The second-order valence-electron chi connectivity index (χ2n) is 7.07. The molecule has 4 nitrogen and oxygen atoms in total. The third-order valence-electron chi connectivity index (χ3n) is 4.88. The molecule has 4 heteroatoms. The maximum absolute atomic E-state index is 12.0. The van der Waals surface area contributed by atoms with E-state index in [0.29, 0.717) is 12.0 Å². The standard InChI is InChI=1S/C19H31N3O/c1-14(2)22-11-5-6-17(13-22)9-10-20-19(23)21-18-8-7-15(3)16(4)12-18/h7-8,12,14,17H,5-6,9-11,13H2,1-4H3,(H2,20,21,23)/t17-/m1/s1. The zero-order valence-corrected chi connectivity index (χ0v) is 15.0. The van der Waals surface area contributed by atoms with Gasteiger partial charge in [0.05, 0.1) is 0 Å². The minimum absolute atomic E-state index is 0.107. The summed E-state index contributed by atoms with van der Waals surface area (Å²) in [6, 6.07) is 6.51. The van der Waals surface area contributed by atoms with E-state index in [4.69, 9.17) is 0 Å². The highest BCUT2D eigenvalue weighted by Crippen LogP contribution is 2.20. The molecule has 0 saturated carbocycles. The maximum Gasteiger partial charge on any atom is 0.319 e. The molecule has 1 aliphatic heterocycles. The number of rotatable bonds is 5. The van der Waals surface area contributed by atoms with Gasteiger partial charge in [-0.15, -0.1) is 0 Å². The van der Waals surface area contributed by atoms with Crippen molar-refractivity contribution in [2.75, 3.05) is 25.0 Å². The number of amides is 2. The minimum atomic E-state index is -0.107. The summed E-state index contributed by atoms with van der Waals surface area (Å²) in [5.74, 6) is 0.702. The molecule has 0 aromatic heterocycles. The number of likely N-dealkylation sites (tertiary alicyclic amines) is 1. The number of benzene rings is 1. The van der Waals surface area contributed by atoms with Crippen LogP contribution >= 0.6 is 0 Å². The highest BCUT2D eigenvalue weighted by molar-refractivity contribution is 5.89. The zero-order valence-electron chi connectivity index (χ0n) is 15.0. The Bertz CT molecular complexity index is 527. The molecular weight excluding hydrogens is 286 g/mol. The Morgan fingerprint density at radius 3 is 2.78 bits per heavy atom. The molecule has 1 saturated heterocycles. The van der Waals surface area contributed by atoms with Crippen molar-refractivity contribution in [2.45, 2.75) is 53.0 Å². The van der Waals surface area contributed by atoms with Gasteiger partial charge in [-0.3, -0.25) is 0 Å². The van der Waals surface area contributed by atoms with Gasteiger partial charge < -0.3 is 15.5 Å². The van der Waals surface area contributed by atoms with Crippen LogP contribution in [0.25, 0.3) is 0 Å². The molecule has 0 spiro atoms. The summed E-state index contributed by atoms with van der Waals surface area (Å²) in [5.41, 5.74) is 3.29. The van der Waals surface area contributed by atoms with Crippen molar-refractivity contribution in [1.29, 1.82) is 0 Å². The molecule has 1 aromatic carbocycles. The van der Waals surface area contributed by atoms with Crippen LogP contribution < -0.4 is 10.6 Å². The molecule has 0 aliphatic carbocycles. The molecule has 0 bridgehead atoms. The lowest BCUT2D eigenvalue weighted by Gasteiger charge is -2.35. The van der Waals surface area contributed by atoms with Crippen LogP contribution in [0.15, 0.2) is 18.2 Å². The number of piperidine rings is 1. The van der Waals surface area contributed by atoms with Gasteiger partial charge in [0, 0.05) is 24.8 Å². The lowest BCUT2D eigenvalue weighted by Crippen LogP contribution is -2.41. The van der Waals surface area contributed by atoms with E-state index in [9.17, 15) is 4.79 Å². The predicted molar refractivity (Wildman–Crippen MR) is 97.0 cm³/mol. The van der Waals surface area contributed by atoms with E-state index >= 15 is 0 Å². The van der Waals surface area contributed by atoms with Crippen LogP contribution in [0.5, 0.6) is 0 Å². The fourth-order valence-corrected chi connectivity index (χ4v) is 3.19. The first-order valence-corrected chi connectivity index (χ1v) is 8.82. The van der Waals surface area contributed by atoms with Crippen LogP contribution in [0, 0.1) is 19.8 Å². The summed E-state index contributed by atoms with van der Waals surface area (Å²) >= 11 is 0. The molecular formula is C19H31N3O. The molecule has 1 aromatic rings. The molecule has 2 N–H and O–H groups in total. The quantitative estimate of drug-likeness (QED) is 0.864. The number of nitrogens with zero attached hydrogens (tertiary/aromatic N) is 1. The normalized spacial score (nSPS) is 18.9. The van der Waals surface area contributed by atoms with E-state index in [1.54, 1.807) is 0 Å². The number of aryl methyl sites for hydroxylation is 2. The Morgan fingerprint density at radius 2 is 2.09 bits per heavy atom. The number of anilines is 1. The third-order valence-corrected chi connectivity index (χ3v) is 4.88. The average Bonchev–Trinajstić information content (AvgIpc) is 2.51. The van der Waals surface area contributed by atoms with Crippen molar-refractivity contribution in [3.63, 3.8) is 0 Å². The van der Waals surface area contributed by atoms with Gasteiger partial charge in [-0.05, 0) is 82.7 Å². The number of hydrogen-bond donors (Lipinski definition) is 2. The van der Waals surface area contributed by atoms with Gasteiger partial charge >= 0.3 is 6.03 Å². The molecule has 128 valence electrons. The number of carbonyl (C=O) groups is 1. The fraction of sp³-hybridized carbons (Fsp3) is 0.632. The van der Waals surface area contributed by atoms with Crippen LogP contribution in [0.3, 0.4) is 0 Å². The minimum Gasteiger partial charge on any atom is -0.338 e. The second-order valence-corrected chi connectivity index (χ2v) is 7.07. The molecule has 2 rings (SSSR count). The van der Waals surface area contributed by atoms with Crippen LogP contribution in [-0.4, -0.2) is 36.6 Å². The topological polar surface area (TPSA) is 44.4 Å². The Balaban J connectivity index is 1.71. The van der Waals surface area contributed by atoms with E-state index in [1.807, 2.05) is 18.2 Å². The SMILES string of the molecule is Cc1ccc(NC(=O)NCC[C@H]2CCCN(C(C)C)C2)cc1C. The molecule has 1 aliphatic rings. The van der Waals surface area contributed by atoms with E-state index in [-0.39, 0.29) is 6.03 Å². The maximum atomic E-state index is 12.0. The summed E-state index contributed by atoms with van der Waals surface area (Å²) in [6.45, 7) is 11.8. The molecule has 2 amide bonds. The Kier molecular flexibility index (Phi) is 6.46. The van der Waals surface area contributed by atoms with E-state index in [1.165, 1.54) is 30.5 Å². The van der Waals surface area contributed by atoms with Crippen molar-refractivity contribution in [3.8, 4) is 0 Å². The Morgan fingerprint density at radius 1 is 1.30 bits per heavy atom. The van der Waals surface area contributed by atoms with E-state index < -0.39 is 0 Å². The third kappa shape index (κ3) is 5.54. The van der Waals surface area contributed by atoms with Gasteiger partial charge in [-0.1, -0.05) is 6.07 Å². The number of hydrogen-bond acceptors (Lipinski definition) is 2. The number of nitrogens with one attached hydrogen (secondary N) is 2. The number of carbonyl (C=O) groups excluding carboxylic acids is 1. The summed E-state index contributed by atoms with van der Waals surface area (Å²) in [4.78, 5) is 14.5. The summed E-state index contributed by atoms with van der Waals surface area (Å²) in [5, 5.41) is 5.90. The number of urea groups is 1. The molecule has 23 heavy (non-hydrogen) atoms. The molecule has 1 atom stereocenters. The Hall–Kier alpha value is -1.55. The summed E-state index contributed by atoms with van der Waals surface area (Å²) in [6.07, 6.45) is 3.62. The van der Waals surface area contributed by atoms with Crippen molar-refractivity contribution in [1.82, 2.24) is 10.2 Å². The van der Waals surface area contributed by atoms with Crippen molar-refractivity contribution in [3.05, 3.63) is 29.3 Å². The van der Waals surface area contributed by atoms with Gasteiger partial charge in [-0.25, -0.2) is 4.79 Å². The molecule has 1 fully saturated rings. The van der Waals surface area contributed by atoms with Crippen LogP contribution in [0.4, 0.5) is 10.5 Å². The van der Waals surface area contributed by atoms with E-state index in [0.717, 1.165) is 25.2 Å². The molecule has 0 radical (unpaired) electrons. The largest absolute Gasteiger partial charge is 0.338 e. The van der Waals surface area contributed by atoms with Crippen molar-refractivity contribution >= 4 is 11.7 Å². The lowest BCUT2D eigenvalue weighted by molar-refractivity contribution is 0.135. The predicted octanol–water partition coefficient (Wildman–Crippen LogP) is 3.94. The average molecular weight is 317 g/mol. The zero-order chi connectivity index (χ0) is 16.8. The monoisotopic (exact) mass is 317 g/mol. The molecule has 0 unspecified atom stereocenters. The first-order valence-electron chi connectivity index (χ1n) is 8.82. The second kappa shape index (κ2) is 8.34.